The lowest BCUT2D eigenvalue weighted by molar-refractivity contribution is -0.310. The second-order valence-corrected chi connectivity index (χ2v) is 20.5. The molecule has 3 fully saturated rings. The average molecular weight is 1060 g/mol. The Balaban J connectivity index is 1.55. The normalized spacial score (nSPS) is 46.5. The first-order valence-corrected chi connectivity index (χ1v) is 25.9. The van der Waals surface area contributed by atoms with Crippen molar-refractivity contribution in [3.63, 3.8) is 0 Å². The number of hydrogen-bond donors (Lipinski definition) is 13. The van der Waals surface area contributed by atoms with Gasteiger partial charge >= 0.3 is 11.9 Å². The van der Waals surface area contributed by atoms with Gasteiger partial charge in [-0.05, 0) is 59.3 Å². The molecule has 4 heterocycles. The van der Waals surface area contributed by atoms with E-state index in [1.54, 1.807) is 38.2 Å². The summed E-state index contributed by atoms with van der Waals surface area (Å²) in [5.74, 6) is -6.88. The second kappa shape index (κ2) is 30.6. The molecule has 4 aliphatic rings. The topological polar surface area (TPSA) is 358 Å². The molecule has 4 rings (SSSR count). The summed E-state index contributed by atoms with van der Waals surface area (Å²) in [5.41, 5.74) is 6.04. The van der Waals surface area contributed by atoms with Crippen molar-refractivity contribution < 1.29 is 99.3 Å². The van der Waals surface area contributed by atoms with Crippen LogP contribution < -0.4 is 5.73 Å². The molecule has 0 saturated carbocycles. The summed E-state index contributed by atoms with van der Waals surface area (Å²) >= 11 is 0. The summed E-state index contributed by atoms with van der Waals surface area (Å²) in [6.45, 7) is 8.61. The molecule has 23 unspecified atom stereocenters. The quantitative estimate of drug-likeness (QED) is 0.170. The van der Waals surface area contributed by atoms with Crippen LogP contribution in [0.3, 0.4) is 0 Å². The van der Waals surface area contributed by atoms with Gasteiger partial charge in [-0.15, -0.1) is 0 Å². The maximum Gasteiger partial charge on any atom is 0.311 e. The number of carbonyl (C=O) groups is 2. The van der Waals surface area contributed by atoms with Crippen LogP contribution in [0.4, 0.5) is 0 Å². The fraction of sp³-hybridized carbons (Fsp3) is 0.736. The number of allylic oxidation sites excluding steroid dienone is 10. The van der Waals surface area contributed by atoms with E-state index in [-0.39, 0.29) is 44.4 Å². The molecule has 23 atom stereocenters. The van der Waals surface area contributed by atoms with Crippen LogP contribution in [-0.4, -0.2) is 195 Å². The lowest BCUT2D eigenvalue weighted by atomic mass is 9.82. The largest absolute Gasteiger partial charge is 0.481 e. The maximum atomic E-state index is 13.1. The Morgan fingerprint density at radius 2 is 1.23 bits per heavy atom. The zero-order chi connectivity index (χ0) is 54.9. The molecule has 4 aliphatic heterocycles. The van der Waals surface area contributed by atoms with Gasteiger partial charge in [-0.3, -0.25) is 9.59 Å². The highest BCUT2D eigenvalue weighted by molar-refractivity contribution is 5.71. The summed E-state index contributed by atoms with van der Waals surface area (Å²) in [5, 5.41) is 129. The van der Waals surface area contributed by atoms with Crippen LogP contribution in [0.25, 0.3) is 0 Å². The second-order valence-electron chi connectivity index (χ2n) is 20.5. The molecule has 0 aliphatic carbocycles. The number of esters is 1. The van der Waals surface area contributed by atoms with Crippen molar-refractivity contribution in [2.24, 2.45) is 23.5 Å². The first-order valence-electron chi connectivity index (χ1n) is 25.9. The number of fused-ring (bicyclic) bond motifs is 2. The van der Waals surface area contributed by atoms with Crippen molar-refractivity contribution in [1.29, 1.82) is 0 Å². The standard InChI is InChI=1S/C53H85NO20/c1-29-18-16-14-12-10-8-6-7-9-11-13-15-17-19-37(72-52-49(65)46(54)48(64)33(5)71-52)25-42-45(51(66)67)41(61)28-53(68,74-42)27-40(60)38(58)21-20-34(55)22-35(56)23-36(57)24-43(62)69-31(3)30(2)50(29)73-44-26-39(59)47(63)32(4)70-44/h6-7,9,11-19,29-42,44-50,52,55-61,63-65,68H,8,10,20-28,54H2,1-5H3,(H,66,67)/b7-6+,11-9+,14-12-,15-13+,18-16+,19-17+. The number of rotatable bonds is 5. The van der Waals surface area contributed by atoms with Gasteiger partial charge in [0.1, 0.15) is 24.2 Å². The number of ether oxygens (including phenoxy) is 6. The van der Waals surface area contributed by atoms with Crippen molar-refractivity contribution >= 4 is 11.9 Å². The van der Waals surface area contributed by atoms with Crippen LogP contribution in [-0.2, 0) is 38.0 Å². The molecule has 3 saturated heterocycles. The van der Waals surface area contributed by atoms with E-state index >= 15 is 0 Å². The number of carboxylic acid groups (broad SMARTS) is 1. The van der Waals surface area contributed by atoms with E-state index in [0.29, 0.717) is 0 Å². The Hall–Kier alpha value is -3.30. The van der Waals surface area contributed by atoms with Gasteiger partial charge in [0, 0.05) is 37.5 Å². The highest BCUT2D eigenvalue weighted by Gasteiger charge is 2.51. The summed E-state index contributed by atoms with van der Waals surface area (Å²) in [7, 11) is 0. The van der Waals surface area contributed by atoms with Gasteiger partial charge < -0.3 is 95.4 Å². The number of hydrogen-bond acceptors (Lipinski definition) is 20. The van der Waals surface area contributed by atoms with Gasteiger partial charge in [0.15, 0.2) is 18.4 Å². The molecule has 422 valence electrons. The zero-order valence-corrected chi connectivity index (χ0v) is 43.1. The Labute approximate surface area is 433 Å². The first kappa shape index (κ1) is 63.2. The number of aliphatic hydroxyl groups is 11. The molecule has 21 nitrogen and oxygen atoms in total. The molecule has 0 aromatic carbocycles. The SMILES string of the molecule is CC1/C=C/C=C\CC/C=C/C=C/C=C/C=C/C(OC2OC(C)C(O)C(N)C2O)CC2OC(O)(CC(O)C(O)CCC(O)CC(O)CC(O)CC(=O)OC(C)C(C)C1OC1CC(O)C(O)C(C)O1)CC(O)C2C(=O)O. The third-order valence-electron chi connectivity index (χ3n) is 14.2. The predicted molar refractivity (Wildman–Crippen MR) is 267 cm³/mol. The molecule has 74 heavy (non-hydrogen) atoms. The minimum Gasteiger partial charge on any atom is -0.481 e. The third kappa shape index (κ3) is 19.9. The summed E-state index contributed by atoms with van der Waals surface area (Å²) in [6, 6.07) is -1.16. The van der Waals surface area contributed by atoms with Crippen LogP contribution in [0.2, 0.25) is 0 Å². The first-order chi connectivity index (χ1) is 34.9. The van der Waals surface area contributed by atoms with E-state index in [0.717, 1.165) is 12.8 Å². The molecule has 0 aromatic heterocycles. The van der Waals surface area contributed by atoms with Gasteiger partial charge in [0.25, 0.3) is 0 Å². The Kier molecular flexibility index (Phi) is 26.1. The van der Waals surface area contributed by atoms with Crippen molar-refractivity contribution in [3.05, 3.63) is 72.9 Å². The fourth-order valence-corrected chi connectivity index (χ4v) is 9.63. The lowest BCUT2D eigenvalue weighted by Crippen LogP contribution is -2.61. The molecular weight excluding hydrogens is 971 g/mol. The van der Waals surface area contributed by atoms with E-state index in [9.17, 15) is 70.9 Å². The van der Waals surface area contributed by atoms with Gasteiger partial charge in [-0.25, -0.2) is 0 Å². The zero-order valence-electron chi connectivity index (χ0n) is 43.1. The van der Waals surface area contributed by atoms with E-state index in [1.807, 2.05) is 56.4 Å². The number of carbonyl (C=O) groups excluding carboxylic acids is 1. The molecule has 0 amide bonds. The molecule has 0 radical (unpaired) electrons. The monoisotopic (exact) mass is 1060 g/mol. The van der Waals surface area contributed by atoms with E-state index in [4.69, 9.17) is 34.2 Å². The van der Waals surface area contributed by atoms with Gasteiger partial charge in [-0.2, -0.15) is 0 Å². The molecule has 0 aromatic rings. The average Bonchev–Trinajstić information content (AvgIpc) is 3.31. The number of carboxylic acids is 1. The Bertz CT molecular complexity index is 1870. The van der Waals surface area contributed by atoms with E-state index < -0.39 is 165 Å². The number of aliphatic carboxylic acids is 1. The van der Waals surface area contributed by atoms with Crippen LogP contribution in [0.5, 0.6) is 0 Å². The minimum absolute atomic E-state index is 0.0208. The molecule has 0 spiro atoms. The van der Waals surface area contributed by atoms with E-state index in [1.165, 1.54) is 13.0 Å². The van der Waals surface area contributed by atoms with Crippen molar-refractivity contribution in [1.82, 2.24) is 0 Å². The highest BCUT2D eigenvalue weighted by atomic mass is 16.7. The van der Waals surface area contributed by atoms with Crippen LogP contribution >= 0.6 is 0 Å². The summed E-state index contributed by atoms with van der Waals surface area (Å²) in [6.07, 6.45) is -1.63. The number of aliphatic hydroxyl groups excluding tert-OH is 10. The Morgan fingerprint density at radius 1 is 0.635 bits per heavy atom. The van der Waals surface area contributed by atoms with Crippen molar-refractivity contribution in [2.75, 3.05) is 0 Å². The maximum absolute atomic E-state index is 13.1. The third-order valence-corrected chi connectivity index (χ3v) is 14.2. The number of nitrogens with two attached hydrogens (primary N) is 1. The molecule has 14 N–H and O–H groups in total. The fourth-order valence-electron chi connectivity index (χ4n) is 9.63. The van der Waals surface area contributed by atoms with Crippen molar-refractivity contribution in [2.45, 2.75) is 227 Å². The smallest absolute Gasteiger partial charge is 0.311 e. The van der Waals surface area contributed by atoms with Crippen LogP contribution in [0.15, 0.2) is 72.9 Å². The van der Waals surface area contributed by atoms with Gasteiger partial charge in [-0.1, -0.05) is 86.8 Å². The van der Waals surface area contributed by atoms with E-state index in [2.05, 4.69) is 0 Å². The van der Waals surface area contributed by atoms with Crippen LogP contribution in [0, 0.1) is 17.8 Å². The predicted octanol–water partition coefficient (Wildman–Crippen LogP) is 0.817. The minimum atomic E-state index is -2.37. The highest BCUT2D eigenvalue weighted by Crippen LogP contribution is 2.38. The summed E-state index contributed by atoms with van der Waals surface area (Å²) in [4.78, 5) is 25.6. The molecular formula is C53H85NO20. The molecule has 2 bridgehead atoms. The lowest BCUT2D eigenvalue weighted by Gasteiger charge is -2.45. The van der Waals surface area contributed by atoms with Crippen molar-refractivity contribution in [3.8, 4) is 0 Å². The Morgan fingerprint density at radius 3 is 1.89 bits per heavy atom. The molecule has 21 heteroatoms. The van der Waals surface area contributed by atoms with Gasteiger partial charge in [0.05, 0.1) is 91.8 Å². The number of cyclic esters (lactones) is 1. The van der Waals surface area contributed by atoms with Gasteiger partial charge in [0.2, 0.25) is 0 Å². The summed E-state index contributed by atoms with van der Waals surface area (Å²) < 4.78 is 35.8. The van der Waals surface area contributed by atoms with Crippen LogP contribution in [0.1, 0.15) is 105 Å².